The lowest BCUT2D eigenvalue weighted by Gasteiger charge is -2.15. The summed E-state index contributed by atoms with van der Waals surface area (Å²) >= 11 is 0. The van der Waals surface area contributed by atoms with Gasteiger partial charge in [0.15, 0.2) is 0 Å². The summed E-state index contributed by atoms with van der Waals surface area (Å²) in [6, 6.07) is 23.0. The van der Waals surface area contributed by atoms with Crippen LogP contribution in [0.3, 0.4) is 0 Å². The van der Waals surface area contributed by atoms with Gasteiger partial charge in [-0.25, -0.2) is 4.68 Å². The molecular formula is C26H26N2O4. The van der Waals surface area contributed by atoms with E-state index in [4.69, 9.17) is 9.47 Å². The highest BCUT2D eigenvalue weighted by atomic mass is 16.5. The average Bonchev–Trinajstić information content (AvgIpc) is 2.82. The van der Waals surface area contributed by atoms with Crippen molar-refractivity contribution in [3.05, 3.63) is 94.3 Å². The van der Waals surface area contributed by atoms with Crippen LogP contribution in [0.4, 0.5) is 0 Å². The summed E-state index contributed by atoms with van der Waals surface area (Å²) in [6.45, 7) is 2.52. The fraction of sp³-hybridized carbons (Fsp3) is 0.231. The van der Waals surface area contributed by atoms with Gasteiger partial charge in [0.1, 0.15) is 5.75 Å². The molecule has 0 aliphatic heterocycles. The molecule has 0 radical (unpaired) electrons. The molecule has 0 amide bonds. The predicted molar refractivity (Wildman–Crippen MR) is 125 cm³/mol. The molecule has 4 rings (SSSR count). The van der Waals surface area contributed by atoms with Crippen LogP contribution in [0.15, 0.2) is 77.6 Å². The number of hydrogen-bond acceptors (Lipinski definition) is 5. The molecule has 6 heteroatoms. The van der Waals surface area contributed by atoms with Crippen LogP contribution in [-0.4, -0.2) is 34.7 Å². The van der Waals surface area contributed by atoms with E-state index in [1.165, 1.54) is 4.68 Å². The topological polar surface area (TPSA) is 73.6 Å². The Labute approximate surface area is 186 Å². The van der Waals surface area contributed by atoms with Crippen LogP contribution in [0, 0.1) is 6.92 Å². The Morgan fingerprint density at radius 1 is 0.969 bits per heavy atom. The van der Waals surface area contributed by atoms with Gasteiger partial charge < -0.3 is 14.6 Å². The Kier molecular flexibility index (Phi) is 6.63. The van der Waals surface area contributed by atoms with Crippen molar-refractivity contribution in [2.24, 2.45) is 0 Å². The second-order valence-electron chi connectivity index (χ2n) is 7.76. The zero-order valence-electron chi connectivity index (χ0n) is 18.2. The number of methoxy groups -OCH3 is 1. The van der Waals surface area contributed by atoms with Crippen LogP contribution in [0.1, 0.15) is 11.1 Å². The Morgan fingerprint density at radius 2 is 1.66 bits per heavy atom. The molecule has 1 N–H and O–H groups in total. The number of hydrogen-bond donors (Lipinski definition) is 1. The normalized spacial score (nSPS) is 12.1. The maximum Gasteiger partial charge on any atom is 0.274 e. The van der Waals surface area contributed by atoms with Crippen molar-refractivity contribution in [2.75, 3.05) is 13.7 Å². The van der Waals surface area contributed by atoms with Gasteiger partial charge in [-0.1, -0.05) is 60.2 Å². The Bertz CT molecular complexity index is 1250. The number of aryl methyl sites for hydroxylation is 1. The van der Waals surface area contributed by atoms with Crippen molar-refractivity contribution in [1.29, 1.82) is 0 Å². The monoisotopic (exact) mass is 430 g/mol. The van der Waals surface area contributed by atoms with Gasteiger partial charge >= 0.3 is 0 Å². The molecule has 0 saturated carbocycles. The summed E-state index contributed by atoms with van der Waals surface area (Å²) in [4.78, 5) is 13.0. The molecule has 32 heavy (non-hydrogen) atoms. The van der Waals surface area contributed by atoms with E-state index in [1.54, 1.807) is 13.2 Å². The molecule has 0 spiro atoms. The number of ether oxygens (including phenoxy) is 2. The molecule has 164 valence electrons. The highest BCUT2D eigenvalue weighted by Crippen LogP contribution is 2.25. The minimum atomic E-state index is -0.870. The van der Waals surface area contributed by atoms with E-state index in [9.17, 15) is 9.90 Å². The smallest absolute Gasteiger partial charge is 0.274 e. The summed E-state index contributed by atoms with van der Waals surface area (Å²) in [7, 11) is 1.62. The molecule has 6 nitrogen and oxygen atoms in total. The summed E-state index contributed by atoms with van der Waals surface area (Å²) in [5.74, 6) is 0.778. The molecule has 4 aromatic rings. The van der Waals surface area contributed by atoms with E-state index in [0.29, 0.717) is 17.7 Å². The quantitative estimate of drug-likeness (QED) is 0.458. The zero-order chi connectivity index (χ0) is 22.5. The van der Waals surface area contributed by atoms with Gasteiger partial charge in [0.05, 0.1) is 44.1 Å². The number of benzene rings is 3. The third-order valence-electron chi connectivity index (χ3n) is 5.31. The molecule has 3 aromatic carbocycles. The van der Waals surface area contributed by atoms with Crippen LogP contribution < -0.4 is 10.3 Å². The Morgan fingerprint density at radius 3 is 2.34 bits per heavy atom. The molecule has 1 heterocycles. The van der Waals surface area contributed by atoms with Crippen LogP contribution >= 0.6 is 0 Å². The summed E-state index contributed by atoms with van der Waals surface area (Å²) in [6.07, 6.45) is -0.870. The van der Waals surface area contributed by atoms with Gasteiger partial charge in [0, 0.05) is 10.9 Å². The van der Waals surface area contributed by atoms with E-state index in [2.05, 4.69) is 5.10 Å². The van der Waals surface area contributed by atoms with Crippen molar-refractivity contribution in [3.63, 3.8) is 0 Å². The zero-order valence-corrected chi connectivity index (χ0v) is 18.2. The molecule has 1 unspecified atom stereocenters. The summed E-state index contributed by atoms with van der Waals surface area (Å²) < 4.78 is 12.1. The highest BCUT2D eigenvalue weighted by molar-refractivity contribution is 5.93. The van der Waals surface area contributed by atoms with E-state index in [1.807, 2.05) is 73.7 Å². The first-order valence-corrected chi connectivity index (χ1v) is 10.5. The van der Waals surface area contributed by atoms with Crippen LogP contribution in [0.2, 0.25) is 0 Å². The maximum absolute atomic E-state index is 13.0. The number of aliphatic hydroxyl groups excluding tert-OH is 1. The standard InChI is InChI=1S/C26H26N2O4/c1-18-7-11-20(12-8-18)25-23-5-3-4-6-24(23)26(30)28(27-25)15-21(29)17-32-16-19-9-13-22(31-2)14-10-19/h3-14,21,29H,15-17H2,1-2H3. The molecule has 0 fully saturated rings. The average molecular weight is 431 g/mol. The highest BCUT2D eigenvalue weighted by Gasteiger charge is 2.15. The summed E-state index contributed by atoms with van der Waals surface area (Å²) in [5, 5.41) is 16.5. The minimum Gasteiger partial charge on any atom is -0.497 e. The lowest BCUT2D eigenvalue weighted by atomic mass is 10.0. The van der Waals surface area contributed by atoms with Crippen molar-refractivity contribution in [3.8, 4) is 17.0 Å². The number of aliphatic hydroxyl groups is 1. The Balaban J connectivity index is 1.52. The fourth-order valence-electron chi connectivity index (χ4n) is 3.57. The van der Waals surface area contributed by atoms with Crippen LogP contribution in [0.25, 0.3) is 22.0 Å². The largest absolute Gasteiger partial charge is 0.497 e. The first kappa shape index (κ1) is 21.7. The second kappa shape index (κ2) is 9.77. The molecule has 1 atom stereocenters. The van der Waals surface area contributed by atoms with Gasteiger partial charge in [0.2, 0.25) is 0 Å². The second-order valence-corrected chi connectivity index (χ2v) is 7.76. The molecule has 0 saturated heterocycles. The SMILES string of the molecule is COc1ccc(COCC(O)Cn2nc(-c3ccc(C)cc3)c3ccccc3c2=O)cc1. The van der Waals surface area contributed by atoms with E-state index >= 15 is 0 Å². The molecule has 0 aliphatic rings. The van der Waals surface area contributed by atoms with Gasteiger partial charge in [-0.3, -0.25) is 4.79 Å². The van der Waals surface area contributed by atoms with Gasteiger partial charge in [-0.05, 0) is 30.7 Å². The molecule has 0 aliphatic carbocycles. The number of rotatable bonds is 8. The number of nitrogens with zero attached hydrogens (tertiary/aromatic N) is 2. The van der Waals surface area contributed by atoms with E-state index < -0.39 is 6.10 Å². The van der Waals surface area contributed by atoms with Crippen molar-refractivity contribution < 1.29 is 14.6 Å². The maximum atomic E-state index is 13.0. The first-order valence-electron chi connectivity index (χ1n) is 10.5. The minimum absolute atomic E-state index is 0.0468. The third-order valence-corrected chi connectivity index (χ3v) is 5.31. The van der Waals surface area contributed by atoms with Gasteiger partial charge in [-0.2, -0.15) is 5.10 Å². The fourth-order valence-corrected chi connectivity index (χ4v) is 3.57. The van der Waals surface area contributed by atoms with Crippen molar-refractivity contribution in [2.45, 2.75) is 26.2 Å². The number of fused-ring (bicyclic) bond motifs is 1. The molecule has 0 bridgehead atoms. The third kappa shape index (κ3) is 4.88. The Hall–Kier alpha value is -3.48. The lowest BCUT2D eigenvalue weighted by molar-refractivity contribution is 0.0181. The number of aromatic nitrogens is 2. The van der Waals surface area contributed by atoms with Gasteiger partial charge in [-0.15, -0.1) is 0 Å². The van der Waals surface area contributed by atoms with Crippen LogP contribution in [-0.2, 0) is 17.9 Å². The van der Waals surface area contributed by atoms with Gasteiger partial charge in [0.25, 0.3) is 5.56 Å². The van der Waals surface area contributed by atoms with Crippen LogP contribution in [0.5, 0.6) is 5.75 Å². The molecule has 1 aromatic heterocycles. The van der Waals surface area contributed by atoms with Crippen molar-refractivity contribution in [1.82, 2.24) is 9.78 Å². The lowest BCUT2D eigenvalue weighted by Crippen LogP contribution is -2.31. The van der Waals surface area contributed by atoms with E-state index in [-0.39, 0.29) is 18.7 Å². The first-order chi connectivity index (χ1) is 15.5. The predicted octanol–water partition coefficient (Wildman–Crippen LogP) is 3.96. The molecular weight excluding hydrogens is 404 g/mol. The van der Waals surface area contributed by atoms with E-state index in [0.717, 1.165) is 27.8 Å². The van der Waals surface area contributed by atoms with Crippen molar-refractivity contribution >= 4 is 10.8 Å². The summed E-state index contributed by atoms with van der Waals surface area (Å²) in [5.41, 5.74) is 3.53.